The van der Waals surface area contributed by atoms with E-state index in [1.54, 1.807) is 0 Å². The van der Waals surface area contributed by atoms with Crippen molar-refractivity contribution >= 4 is 28.7 Å². The number of hydrogen-bond donors (Lipinski definition) is 3. The Bertz CT molecular complexity index is 1360. The van der Waals surface area contributed by atoms with Crippen LogP contribution in [0.25, 0.3) is 11.2 Å². The number of nitrogens with one attached hydrogen (secondary N) is 2. The van der Waals surface area contributed by atoms with Gasteiger partial charge in [0.1, 0.15) is 17.0 Å². The summed E-state index contributed by atoms with van der Waals surface area (Å²) in [6.45, 7) is 0.591. The van der Waals surface area contributed by atoms with Gasteiger partial charge < -0.3 is 20.5 Å². The first-order chi connectivity index (χ1) is 17.8. The number of nitrogens with zero attached hydrogens (tertiary/aromatic N) is 4. The Morgan fingerprint density at radius 2 is 2.00 bits per heavy atom. The van der Waals surface area contributed by atoms with Gasteiger partial charge in [0.05, 0.1) is 26.3 Å². The van der Waals surface area contributed by atoms with E-state index < -0.39 is 66.9 Å². The molecular weight excluding hydrogens is 425 g/mol. The van der Waals surface area contributed by atoms with Crippen LogP contribution in [-0.2, 0) is 4.74 Å². The van der Waals surface area contributed by atoms with Crippen molar-refractivity contribution in [2.45, 2.75) is 50.1 Å². The van der Waals surface area contributed by atoms with Gasteiger partial charge >= 0.3 is 0 Å². The van der Waals surface area contributed by atoms with Crippen LogP contribution >= 0.6 is 0 Å². The molecule has 0 bridgehead atoms. The van der Waals surface area contributed by atoms with Gasteiger partial charge in [-0.2, -0.15) is 4.98 Å². The van der Waals surface area contributed by atoms with Crippen LogP contribution in [0, 0.1) is 17.5 Å². The number of rotatable bonds is 5. The number of aliphatic hydroxyl groups is 1. The van der Waals surface area contributed by atoms with Crippen molar-refractivity contribution in [2.75, 3.05) is 23.8 Å². The van der Waals surface area contributed by atoms with E-state index in [0.29, 0.717) is 25.2 Å². The van der Waals surface area contributed by atoms with E-state index in [1.165, 1.54) is 10.8 Å². The third-order valence-corrected chi connectivity index (χ3v) is 5.06. The Morgan fingerprint density at radius 3 is 2.75 bits per heavy atom. The Balaban J connectivity index is 1.58. The number of aromatic nitrogens is 4. The molecule has 3 heterocycles. The molecule has 6 unspecified atom stereocenters. The van der Waals surface area contributed by atoms with E-state index in [2.05, 4.69) is 25.6 Å². The van der Waals surface area contributed by atoms with E-state index in [9.17, 15) is 18.3 Å². The van der Waals surface area contributed by atoms with Crippen LogP contribution in [0.3, 0.4) is 0 Å². The molecule has 5 rings (SSSR count). The van der Waals surface area contributed by atoms with E-state index in [0.717, 1.165) is 0 Å². The SMILES string of the molecule is [2H]C1C(O)C([2H])C([2H])([2H])C([2H])(Nc2ncc3nc(Nc4c(F)cc(F)cc4F)n(C4CCOC4)c3n2)C1[2H]. The molecule has 0 spiro atoms. The average Bonchev–Trinajstić information content (AvgIpc) is 3.50. The zero-order valence-corrected chi connectivity index (χ0v) is 16.5. The molecule has 1 saturated carbocycles. The van der Waals surface area contributed by atoms with E-state index in [-0.39, 0.29) is 29.7 Å². The Morgan fingerprint density at radius 1 is 1.19 bits per heavy atom. The van der Waals surface area contributed by atoms with Crippen LogP contribution in [0.4, 0.5) is 30.8 Å². The predicted octanol–water partition coefficient (Wildman–Crippen LogP) is 3.66. The highest BCUT2D eigenvalue weighted by atomic mass is 19.1. The predicted molar refractivity (Wildman–Crippen MR) is 111 cm³/mol. The van der Waals surface area contributed by atoms with Crippen molar-refractivity contribution in [3.63, 3.8) is 0 Å². The van der Waals surface area contributed by atoms with Crippen molar-refractivity contribution in [1.82, 2.24) is 19.5 Å². The summed E-state index contributed by atoms with van der Waals surface area (Å²) in [5.74, 6) is -3.85. The van der Waals surface area contributed by atoms with Crippen LogP contribution in [0.15, 0.2) is 18.3 Å². The number of hydrogen-bond acceptors (Lipinski definition) is 7. The Kier molecular flexibility index (Phi) is 4.01. The van der Waals surface area contributed by atoms with Crippen LogP contribution < -0.4 is 10.6 Å². The molecule has 170 valence electrons. The number of fused-ring (bicyclic) bond motifs is 1. The average molecular weight is 454 g/mol. The maximum Gasteiger partial charge on any atom is 0.224 e. The highest BCUT2D eigenvalue weighted by Gasteiger charge is 2.27. The van der Waals surface area contributed by atoms with E-state index >= 15 is 0 Å². The minimum absolute atomic E-state index is 0.0566. The summed E-state index contributed by atoms with van der Waals surface area (Å²) in [7, 11) is 0. The summed E-state index contributed by atoms with van der Waals surface area (Å²) in [6.07, 6.45) is -8.21. The van der Waals surface area contributed by atoms with Gasteiger partial charge in [0.2, 0.25) is 11.9 Å². The standard InChI is InChI=1S/C21H23F3N6O2/c22-11-7-15(23)18(16(24)8-11)28-21-27-17-9-25-20(26-12-1-3-14(31)4-2-12)29-19(17)30(21)13-5-6-32-10-13/h7-9,12-14,31H,1-6,10H2,(H,27,28)(H,25,26,29)/i1D,2D2,3D,4D,12D. The normalized spacial score (nSPS) is 37.1. The first-order valence-corrected chi connectivity index (χ1v) is 9.82. The monoisotopic (exact) mass is 454 g/mol. The summed E-state index contributed by atoms with van der Waals surface area (Å²) < 4.78 is 98.6. The third kappa shape index (κ3) is 4.09. The fourth-order valence-electron chi connectivity index (χ4n) is 3.56. The first-order valence-electron chi connectivity index (χ1n) is 13.1. The maximum atomic E-state index is 14.4. The van der Waals surface area contributed by atoms with Crippen molar-refractivity contribution in [2.24, 2.45) is 0 Å². The number of aliphatic hydroxyl groups excluding tert-OH is 1. The molecule has 0 amide bonds. The van der Waals surface area contributed by atoms with E-state index in [4.69, 9.17) is 13.0 Å². The molecule has 2 aliphatic rings. The second kappa shape index (κ2) is 8.55. The zero-order valence-electron chi connectivity index (χ0n) is 22.5. The molecule has 2 aromatic heterocycles. The van der Waals surface area contributed by atoms with Crippen LogP contribution in [0.1, 0.15) is 46.3 Å². The Hall–Kier alpha value is -2.92. The topological polar surface area (TPSA) is 97.1 Å². The lowest BCUT2D eigenvalue weighted by atomic mass is 9.93. The largest absolute Gasteiger partial charge is 0.393 e. The quantitative estimate of drug-likeness (QED) is 0.541. The smallest absolute Gasteiger partial charge is 0.224 e. The lowest BCUT2D eigenvalue weighted by Crippen LogP contribution is -2.29. The van der Waals surface area contributed by atoms with Gasteiger partial charge in [0, 0.05) is 31.6 Å². The maximum absolute atomic E-state index is 14.4. The lowest BCUT2D eigenvalue weighted by Gasteiger charge is -2.26. The molecule has 1 aliphatic carbocycles. The molecule has 11 heteroatoms. The highest BCUT2D eigenvalue weighted by molar-refractivity contribution is 5.76. The van der Waals surface area contributed by atoms with Crippen LogP contribution in [0.5, 0.6) is 0 Å². The van der Waals surface area contributed by atoms with Crippen LogP contribution in [0.2, 0.25) is 0 Å². The summed E-state index contributed by atoms with van der Waals surface area (Å²) in [6, 6.07) is -1.95. The number of imidazole rings is 1. The number of benzene rings is 1. The van der Waals surface area contributed by atoms with Gasteiger partial charge in [-0.15, -0.1) is 0 Å². The van der Waals surface area contributed by atoms with Crippen molar-refractivity contribution in [3.8, 4) is 0 Å². The Labute approximate surface area is 190 Å². The molecule has 1 aliphatic heterocycles. The molecule has 1 aromatic carbocycles. The second-order valence-corrected chi connectivity index (χ2v) is 7.29. The second-order valence-electron chi connectivity index (χ2n) is 7.29. The summed E-state index contributed by atoms with van der Waals surface area (Å²) >= 11 is 0. The molecule has 3 N–H and O–H groups in total. The molecule has 6 atom stereocenters. The third-order valence-electron chi connectivity index (χ3n) is 5.06. The number of ether oxygens (including phenoxy) is 1. The van der Waals surface area contributed by atoms with Crippen LogP contribution in [-0.4, -0.2) is 50.0 Å². The lowest BCUT2D eigenvalue weighted by molar-refractivity contribution is 0.126. The fraction of sp³-hybridized carbons (Fsp3) is 0.476. The first kappa shape index (κ1) is 15.0. The minimum Gasteiger partial charge on any atom is -0.393 e. The summed E-state index contributed by atoms with van der Waals surface area (Å²) in [5.41, 5.74) is -0.366. The molecule has 32 heavy (non-hydrogen) atoms. The van der Waals surface area contributed by atoms with E-state index in [1.807, 2.05) is 0 Å². The molecule has 0 radical (unpaired) electrons. The molecular formula is C21H23F3N6O2. The summed E-state index contributed by atoms with van der Waals surface area (Å²) in [4.78, 5) is 12.7. The zero-order chi connectivity index (χ0) is 27.6. The minimum atomic E-state index is -2.78. The van der Waals surface area contributed by atoms with Gasteiger partial charge in [-0.3, -0.25) is 4.57 Å². The van der Waals surface area contributed by atoms with Gasteiger partial charge in [-0.25, -0.2) is 23.1 Å². The molecule has 3 aromatic rings. The molecule has 2 fully saturated rings. The fourth-order valence-corrected chi connectivity index (χ4v) is 3.56. The van der Waals surface area contributed by atoms with Crippen molar-refractivity contribution in [3.05, 3.63) is 35.8 Å². The van der Waals surface area contributed by atoms with Gasteiger partial charge in [0.15, 0.2) is 17.3 Å². The molecule has 8 nitrogen and oxygen atoms in total. The highest BCUT2D eigenvalue weighted by Crippen LogP contribution is 2.32. The van der Waals surface area contributed by atoms with Gasteiger partial charge in [-0.05, 0) is 32.0 Å². The summed E-state index contributed by atoms with van der Waals surface area (Å²) in [5, 5.41) is 15.0. The van der Waals surface area contributed by atoms with Gasteiger partial charge in [-0.1, -0.05) is 0 Å². The number of halogens is 3. The van der Waals surface area contributed by atoms with Crippen molar-refractivity contribution < 1.29 is 31.2 Å². The molecule has 1 saturated heterocycles. The van der Waals surface area contributed by atoms with Crippen molar-refractivity contribution in [1.29, 1.82) is 0 Å². The van der Waals surface area contributed by atoms with Gasteiger partial charge in [0.25, 0.3) is 0 Å². The number of anilines is 3.